The lowest BCUT2D eigenvalue weighted by Gasteiger charge is -2.21. The molecule has 0 aliphatic heterocycles. The normalized spacial score (nSPS) is 10.7. The number of rotatable bonds is 4. The lowest BCUT2D eigenvalue weighted by atomic mass is 10.1. The minimum atomic E-state index is -1.07. The fourth-order valence-electron chi connectivity index (χ4n) is 2.07. The molecule has 0 amide bonds. The summed E-state index contributed by atoms with van der Waals surface area (Å²) >= 11 is 6.15. The van der Waals surface area contributed by atoms with E-state index in [1.165, 1.54) is 6.07 Å². The lowest BCUT2D eigenvalue weighted by molar-refractivity contribution is 0.0691. The molecule has 19 heavy (non-hydrogen) atoms. The molecule has 1 heterocycles. The van der Waals surface area contributed by atoms with Crippen molar-refractivity contribution in [1.82, 2.24) is 4.98 Å². The average Bonchev–Trinajstić information content (AvgIpc) is 2.40. The Morgan fingerprint density at radius 2 is 2.00 bits per heavy atom. The Morgan fingerprint density at radius 3 is 2.58 bits per heavy atom. The highest BCUT2D eigenvalue weighted by Gasteiger charge is 2.11. The molecule has 0 saturated heterocycles. The summed E-state index contributed by atoms with van der Waals surface area (Å²) in [6.07, 6.45) is 0. The van der Waals surface area contributed by atoms with Crippen LogP contribution in [-0.2, 0) is 0 Å². The van der Waals surface area contributed by atoms with Gasteiger partial charge in [-0.1, -0.05) is 11.6 Å². The van der Waals surface area contributed by atoms with Crippen LogP contribution in [0.4, 0.5) is 5.69 Å². The first kappa shape index (κ1) is 13.6. The summed E-state index contributed by atoms with van der Waals surface area (Å²) in [4.78, 5) is 17.2. The summed E-state index contributed by atoms with van der Waals surface area (Å²) < 4.78 is 0. The fourth-order valence-corrected chi connectivity index (χ4v) is 2.32. The van der Waals surface area contributed by atoms with E-state index in [2.05, 4.69) is 23.7 Å². The van der Waals surface area contributed by atoms with Gasteiger partial charge in [0.05, 0.1) is 10.5 Å². The van der Waals surface area contributed by atoms with Crippen LogP contribution in [0.25, 0.3) is 10.9 Å². The molecule has 4 nitrogen and oxygen atoms in total. The minimum Gasteiger partial charge on any atom is -0.477 e. The van der Waals surface area contributed by atoms with Gasteiger partial charge >= 0.3 is 5.97 Å². The maximum absolute atomic E-state index is 10.9. The fraction of sp³-hybridized carbons (Fsp3) is 0.286. The van der Waals surface area contributed by atoms with Crippen molar-refractivity contribution in [2.24, 2.45) is 0 Å². The number of aromatic nitrogens is 1. The molecule has 5 heteroatoms. The monoisotopic (exact) mass is 278 g/mol. The van der Waals surface area contributed by atoms with Gasteiger partial charge < -0.3 is 10.0 Å². The zero-order valence-corrected chi connectivity index (χ0v) is 11.6. The van der Waals surface area contributed by atoms with E-state index >= 15 is 0 Å². The summed E-state index contributed by atoms with van der Waals surface area (Å²) in [5, 5.41) is 10.1. The van der Waals surface area contributed by atoms with Crippen molar-refractivity contribution in [1.29, 1.82) is 0 Å². The van der Waals surface area contributed by atoms with Crippen molar-refractivity contribution in [2.75, 3.05) is 18.0 Å². The van der Waals surface area contributed by atoms with E-state index in [1.54, 1.807) is 6.07 Å². The molecule has 1 aromatic carbocycles. The van der Waals surface area contributed by atoms with E-state index in [1.807, 2.05) is 12.1 Å². The number of carbonyl (C=O) groups is 1. The van der Waals surface area contributed by atoms with Crippen LogP contribution in [0.3, 0.4) is 0 Å². The second kappa shape index (κ2) is 5.45. The molecule has 1 aromatic heterocycles. The molecule has 2 aromatic rings. The Bertz CT molecular complexity index is 624. The summed E-state index contributed by atoms with van der Waals surface area (Å²) in [5.41, 5.74) is 1.62. The van der Waals surface area contributed by atoms with Gasteiger partial charge in [0.25, 0.3) is 0 Å². The highest BCUT2D eigenvalue weighted by atomic mass is 35.5. The van der Waals surface area contributed by atoms with Crippen LogP contribution in [0.5, 0.6) is 0 Å². The Balaban J connectivity index is 2.58. The topological polar surface area (TPSA) is 53.4 Å². The Morgan fingerprint density at radius 1 is 1.32 bits per heavy atom. The van der Waals surface area contributed by atoms with Gasteiger partial charge in [0.2, 0.25) is 0 Å². The summed E-state index contributed by atoms with van der Waals surface area (Å²) in [6, 6.07) is 7.08. The van der Waals surface area contributed by atoms with E-state index in [0.717, 1.165) is 24.2 Å². The van der Waals surface area contributed by atoms with Crippen LogP contribution in [0.2, 0.25) is 5.02 Å². The number of carboxylic acids is 1. The number of halogens is 1. The predicted octanol–water partition coefficient (Wildman–Crippen LogP) is 3.43. The smallest absolute Gasteiger partial charge is 0.354 e. The van der Waals surface area contributed by atoms with Gasteiger partial charge in [0.15, 0.2) is 0 Å². The first-order valence-electron chi connectivity index (χ1n) is 6.15. The van der Waals surface area contributed by atoms with Crippen LogP contribution in [0.15, 0.2) is 24.3 Å². The molecule has 0 saturated carbocycles. The highest BCUT2D eigenvalue weighted by Crippen LogP contribution is 2.27. The molecule has 0 radical (unpaired) electrons. The number of carboxylic acid groups (broad SMARTS) is 1. The van der Waals surface area contributed by atoms with Gasteiger partial charge in [0.1, 0.15) is 5.69 Å². The summed E-state index contributed by atoms with van der Waals surface area (Å²) in [7, 11) is 0. The van der Waals surface area contributed by atoms with Crippen LogP contribution in [0, 0.1) is 0 Å². The number of nitrogens with zero attached hydrogens (tertiary/aromatic N) is 2. The van der Waals surface area contributed by atoms with Gasteiger partial charge in [0, 0.05) is 24.2 Å². The van der Waals surface area contributed by atoms with Gasteiger partial charge in [-0.15, -0.1) is 0 Å². The van der Waals surface area contributed by atoms with E-state index in [0.29, 0.717) is 10.5 Å². The number of anilines is 1. The van der Waals surface area contributed by atoms with Gasteiger partial charge in [-0.3, -0.25) is 0 Å². The molecule has 0 fully saturated rings. The Kier molecular flexibility index (Phi) is 3.90. The third-order valence-corrected chi connectivity index (χ3v) is 3.40. The number of hydrogen-bond acceptors (Lipinski definition) is 3. The molecule has 0 aliphatic rings. The number of aromatic carboxylic acids is 1. The highest BCUT2D eigenvalue weighted by molar-refractivity contribution is 6.35. The Hall–Kier alpha value is -1.81. The molecule has 2 rings (SSSR count). The SMILES string of the molecule is CCN(CC)c1ccc2nc(C(=O)O)cc(Cl)c2c1. The largest absolute Gasteiger partial charge is 0.477 e. The van der Waals surface area contributed by atoms with Crippen LogP contribution < -0.4 is 4.90 Å². The van der Waals surface area contributed by atoms with Crippen LogP contribution >= 0.6 is 11.6 Å². The molecule has 0 atom stereocenters. The van der Waals surface area contributed by atoms with Gasteiger partial charge in [-0.25, -0.2) is 9.78 Å². The van der Waals surface area contributed by atoms with Crippen molar-refractivity contribution in [3.8, 4) is 0 Å². The van der Waals surface area contributed by atoms with E-state index in [4.69, 9.17) is 16.7 Å². The van der Waals surface area contributed by atoms with Crippen molar-refractivity contribution in [3.05, 3.63) is 35.0 Å². The van der Waals surface area contributed by atoms with E-state index < -0.39 is 5.97 Å². The molecule has 1 N–H and O–H groups in total. The number of fused-ring (bicyclic) bond motifs is 1. The molecular weight excluding hydrogens is 264 g/mol. The quantitative estimate of drug-likeness (QED) is 0.931. The molecule has 100 valence electrons. The summed E-state index contributed by atoms with van der Waals surface area (Å²) in [5.74, 6) is -1.07. The molecule has 0 bridgehead atoms. The van der Waals surface area contributed by atoms with Crippen molar-refractivity contribution >= 4 is 34.2 Å². The van der Waals surface area contributed by atoms with E-state index in [-0.39, 0.29) is 5.69 Å². The zero-order valence-electron chi connectivity index (χ0n) is 10.9. The van der Waals surface area contributed by atoms with Crippen molar-refractivity contribution in [3.63, 3.8) is 0 Å². The van der Waals surface area contributed by atoms with Crippen LogP contribution in [0.1, 0.15) is 24.3 Å². The zero-order chi connectivity index (χ0) is 14.0. The lowest BCUT2D eigenvalue weighted by Crippen LogP contribution is -2.21. The second-order valence-corrected chi connectivity index (χ2v) is 4.58. The molecule has 0 aliphatic carbocycles. The van der Waals surface area contributed by atoms with Gasteiger partial charge in [-0.05, 0) is 38.1 Å². The van der Waals surface area contributed by atoms with Crippen molar-refractivity contribution in [2.45, 2.75) is 13.8 Å². The maximum Gasteiger partial charge on any atom is 0.354 e. The maximum atomic E-state index is 10.9. The Labute approximate surface area is 116 Å². The third kappa shape index (κ3) is 2.63. The third-order valence-electron chi connectivity index (χ3n) is 3.09. The first-order valence-corrected chi connectivity index (χ1v) is 6.53. The van der Waals surface area contributed by atoms with Gasteiger partial charge in [-0.2, -0.15) is 0 Å². The van der Waals surface area contributed by atoms with Crippen LogP contribution in [-0.4, -0.2) is 29.1 Å². The molecule has 0 unspecified atom stereocenters. The number of hydrogen-bond donors (Lipinski definition) is 1. The number of benzene rings is 1. The standard InChI is InChI=1S/C14H15ClN2O2/c1-3-17(4-2)9-5-6-12-10(7-9)11(15)8-13(16-12)14(18)19/h5-8H,3-4H2,1-2H3,(H,18,19). The average molecular weight is 279 g/mol. The molecule has 0 spiro atoms. The van der Waals surface area contributed by atoms with Crippen molar-refractivity contribution < 1.29 is 9.90 Å². The first-order chi connectivity index (χ1) is 9.06. The molecular formula is C14H15ClN2O2. The minimum absolute atomic E-state index is 0.0342. The second-order valence-electron chi connectivity index (χ2n) is 4.17. The predicted molar refractivity (Wildman–Crippen MR) is 77.3 cm³/mol. The van der Waals surface area contributed by atoms with E-state index in [9.17, 15) is 4.79 Å². The number of pyridine rings is 1. The summed E-state index contributed by atoms with van der Waals surface area (Å²) in [6.45, 7) is 5.97.